The molecular formula is C12H18N3O8P. The first-order valence-corrected chi connectivity index (χ1v) is 8.47. The van der Waals surface area contributed by atoms with Crippen LogP contribution in [0.5, 0.6) is 0 Å². The van der Waals surface area contributed by atoms with Gasteiger partial charge in [0.2, 0.25) is 0 Å². The first kappa shape index (κ1) is 18.9. The zero-order valence-corrected chi connectivity index (χ0v) is 13.8. The van der Waals surface area contributed by atoms with Crippen LogP contribution in [0.4, 0.5) is 5.82 Å². The molecule has 4 N–H and O–H groups in total. The van der Waals surface area contributed by atoms with Gasteiger partial charge >= 0.3 is 7.82 Å². The minimum Gasteiger partial charge on any atom is -0.387 e. The summed E-state index contributed by atoms with van der Waals surface area (Å²) in [5.74, 6) is -0.207. The van der Waals surface area contributed by atoms with Crippen LogP contribution in [0.3, 0.4) is 0 Å². The number of Topliss-reactive ketones (excluding diaryl/α,β-unsaturated/α-hetero) is 1. The fourth-order valence-corrected chi connectivity index (χ4v) is 2.65. The van der Waals surface area contributed by atoms with E-state index < -0.39 is 39.0 Å². The van der Waals surface area contributed by atoms with Crippen molar-refractivity contribution in [2.24, 2.45) is 4.99 Å². The number of imidazole rings is 1. The largest absolute Gasteiger partial charge is 0.469 e. The van der Waals surface area contributed by atoms with E-state index in [2.05, 4.69) is 14.5 Å². The molecule has 2 heterocycles. The molecule has 1 aliphatic rings. The summed E-state index contributed by atoms with van der Waals surface area (Å²) in [6.45, 7) is 2.30. The molecule has 0 amide bonds. The molecule has 11 nitrogen and oxygen atoms in total. The fourth-order valence-electron chi connectivity index (χ4n) is 2.31. The molecule has 0 radical (unpaired) electrons. The molecule has 0 aromatic carbocycles. The van der Waals surface area contributed by atoms with Gasteiger partial charge in [-0.15, -0.1) is 0 Å². The molecule has 0 aliphatic carbocycles. The SMILES string of the molecule is CC=Nc1c(C(C)=O)ncn1C1OC(COP(=O)(O)O)C(O)C1O. The summed E-state index contributed by atoms with van der Waals surface area (Å²) < 4.78 is 21.7. The van der Waals surface area contributed by atoms with Gasteiger partial charge in [-0.3, -0.25) is 13.9 Å². The Kier molecular flexibility index (Phi) is 5.66. The lowest BCUT2D eigenvalue weighted by molar-refractivity contribution is -0.0512. The number of hydrogen-bond acceptors (Lipinski definition) is 8. The highest BCUT2D eigenvalue weighted by molar-refractivity contribution is 7.46. The molecule has 0 bridgehead atoms. The summed E-state index contributed by atoms with van der Waals surface area (Å²) in [5, 5.41) is 20.1. The van der Waals surface area contributed by atoms with E-state index in [1.807, 2.05) is 0 Å². The van der Waals surface area contributed by atoms with Crippen molar-refractivity contribution in [2.45, 2.75) is 38.4 Å². The van der Waals surface area contributed by atoms with Gasteiger partial charge in [0.25, 0.3) is 0 Å². The van der Waals surface area contributed by atoms with Crippen LogP contribution in [0, 0.1) is 0 Å². The predicted molar refractivity (Wildman–Crippen MR) is 80.0 cm³/mol. The summed E-state index contributed by atoms with van der Waals surface area (Å²) >= 11 is 0. The number of phosphoric acid groups is 1. The Labute approximate surface area is 136 Å². The van der Waals surface area contributed by atoms with E-state index in [0.29, 0.717) is 0 Å². The molecule has 0 spiro atoms. The maximum atomic E-state index is 11.6. The molecule has 24 heavy (non-hydrogen) atoms. The molecule has 1 saturated heterocycles. The molecule has 1 aromatic heterocycles. The first-order chi connectivity index (χ1) is 11.2. The second-order valence-corrected chi connectivity index (χ2v) is 6.34. The Hall–Kier alpha value is -1.46. The number of aliphatic imine (C=N–C) groups is 1. The second kappa shape index (κ2) is 7.19. The molecule has 4 atom stereocenters. The minimum atomic E-state index is -4.75. The molecular weight excluding hydrogens is 345 g/mol. The topological polar surface area (TPSA) is 164 Å². The number of ether oxygens (including phenoxy) is 1. The van der Waals surface area contributed by atoms with Gasteiger partial charge in [-0.1, -0.05) is 0 Å². The van der Waals surface area contributed by atoms with E-state index in [0.717, 1.165) is 0 Å². The minimum absolute atomic E-state index is 0.0632. The Balaban J connectivity index is 2.26. The predicted octanol–water partition coefficient (Wildman–Crippen LogP) is -0.464. The maximum Gasteiger partial charge on any atom is 0.469 e. The number of carbonyl (C=O) groups excluding carboxylic acids is 1. The van der Waals surface area contributed by atoms with Gasteiger partial charge in [0, 0.05) is 13.1 Å². The number of aliphatic hydroxyl groups excluding tert-OH is 2. The number of ketones is 1. The lowest BCUT2D eigenvalue weighted by atomic mass is 10.1. The molecule has 1 fully saturated rings. The zero-order chi connectivity index (χ0) is 18.1. The van der Waals surface area contributed by atoms with Crippen molar-refractivity contribution in [3.05, 3.63) is 12.0 Å². The molecule has 1 aromatic rings. The fraction of sp³-hybridized carbons (Fsp3) is 0.583. The lowest BCUT2D eigenvalue weighted by Gasteiger charge is -2.17. The van der Waals surface area contributed by atoms with Crippen LogP contribution in [0.2, 0.25) is 0 Å². The number of rotatable bonds is 6. The Morgan fingerprint density at radius 1 is 1.50 bits per heavy atom. The number of aliphatic hydroxyl groups is 2. The van der Waals surface area contributed by atoms with Crippen molar-refractivity contribution < 1.29 is 38.6 Å². The summed E-state index contributed by atoms with van der Waals surface area (Å²) in [5.41, 5.74) is 0.0632. The van der Waals surface area contributed by atoms with E-state index >= 15 is 0 Å². The number of carbonyl (C=O) groups is 1. The van der Waals surface area contributed by atoms with Gasteiger partial charge in [-0.05, 0) is 6.92 Å². The monoisotopic (exact) mass is 363 g/mol. The number of hydrogen-bond donors (Lipinski definition) is 4. The van der Waals surface area contributed by atoms with Crippen LogP contribution in [0.15, 0.2) is 11.3 Å². The smallest absolute Gasteiger partial charge is 0.387 e. The molecule has 12 heteroatoms. The Morgan fingerprint density at radius 3 is 2.71 bits per heavy atom. The van der Waals surface area contributed by atoms with E-state index in [4.69, 9.17) is 14.5 Å². The number of phosphoric ester groups is 1. The van der Waals surface area contributed by atoms with Gasteiger partial charge in [-0.25, -0.2) is 14.5 Å². The van der Waals surface area contributed by atoms with E-state index in [-0.39, 0.29) is 17.3 Å². The molecule has 4 unspecified atom stereocenters. The van der Waals surface area contributed by atoms with Crippen molar-refractivity contribution in [1.82, 2.24) is 9.55 Å². The van der Waals surface area contributed by atoms with Gasteiger partial charge in [0.1, 0.15) is 18.3 Å². The maximum absolute atomic E-state index is 11.6. The zero-order valence-electron chi connectivity index (χ0n) is 12.9. The van der Waals surface area contributed by atoms with Crippen LogP contribution in [0.1, 0.15) is 30.6 Å². The van der Waals surface area contributed by atoms with Crippen LogP contribution in [-0.4, -0.2) is 66.5 Å². The average Bonchev–Trinajstić information content (AvgIpc) is 3.00. The summed E-state index contributed by atoms with van der Waals surface area (Å²) in [6.07, 6.45) is -2.57. The quantitative estimate of drug-likeness (QED) is 0.297. The van der Waals surface area contributed by atoms with Crippen molar-refractivity contribution in [3.63, 3.8) is 0 Å². The van der Waals surface area contributed by atoms with Crippen LogP contribution < -0.4 is 0 Å². The third kappa shape index (κ3) is 3.95. The highest BCUT2D eigenvalue weighted by Gasteiger charge is 2.45. The Bertz CT molecular complexity index is 684. The molecule has 134 valence electrons. The standard InChI is InChI=1S/C12H18N3O8P/c1-3-13-11-8(6(2)16)14-5-15(11)12-10(18)9(17)7(23-12)4-22-24(19,20)21/h3,5,7,9-10,12,17-18H,4H2,1-2H3,(H2,19,20,21). The molecule has 0 saturated carbocycles. The van der Waals surface area contributed by atoms with Crippen LogP contribution >= 0.6 is 7.82 Å². The van der Waals surface area contributed by atoms with Gasteiger partial charge in [0.15, 0.2) is 23.5 Å². The first-order valence-electron chi connectivity index (χ1n) is 6.93. The lowest BCUT2D eigenvalue weighted by Crippen LogP contribution is -2.33. The number of nitrogens with zero attached hydrogens (tertiary/aromatic N) is 3. The highest BCUT2D eigenvalue weighted by atomic mass is 31.2. The Morgan fingerprint density at radius 2 is 2.17 bits per heavy atom. The molecule has 1 aliphatic heterocycles. The van der Waals surface area contributed by atoms with E-state index in [1.165, 1.54) is 24.0 Å². The summed E-state index contributed by atoms with van der Waals surface area (Å²) in [7, 11) is -4.75. The van der Waals surface area contributed by atoms with Crippen molar-refractivity contribution in [1.29, 1.82) is 0 Å². The average molecular weight is 363 g/mol. The summed E-state index contributed by atoms with van der Waals surface area (Å²) in [6, 6.07) is 0. The van der Waals surface area contributed by atoms with Crippen LogP contribution in [0.25, 0.3) is 0 Å². The third-order valence-corrected chi connectivity index (χ3v) is 3.86. The van der Waals surface area contributed by atoms with Gasteiger partial charge in [0.05, 0.1) is 12.9 Å². The number of aromatic nitrogens is 2. The van der Waals surface area contributed by atoms with E-state index in [1.54, 1.807) is 6.92 Å². The van der Waals surface area contributed by atoms with Crippen molar-refractivity contribution in [2.75, 3.05) is 6.61 Å². The van der Waals surface area contributed by atoms with Crippen molar-refractivity contribution in [3.8, 4) is 0 Å². The molecule has 2 rings (SSSR count). The summed E-state index contributed by atoms with van der Waals surface area (Å²) in [4.78, 5) is 36.9. The highest BCUT2D eigenvalue weighted by Crippen LogP contribution is 2.39. The van der Waals surface area contributed by atoms with Gasteiger partial charge < -0.3 is 24.7 Å². The van der Waals surface area contributed by atoms with Crippen molar-refractivity contribution >= 4 is 25.6 Å². The van der Waals surface area contributed by atoms with E-state index in [9.17, 15) is 19.6 Å². The van der Waals surface area contributed by atoms with Crippen LogP contribution in [-0.2, 0) is 13.8 Å². The normalized spacial score (nSPS) is 27.9. The second-order valence-electron chi connectivity index (χ2n) is 5.10. The third-order valence-electron chi connectivity index (χ3n) is 3.37. The van der Waals surface area contributed by atoms with Gasteiger partial charge in [-0.2, -0.15) is 0 Å².